The van der Waals surface area contributed by atoms with Crippen LogP contribution in [0.5, 0.6) is 0 Å². The monoisotopic (exact) mass is 776 g/mol. The molecule has 286 valence electrons. The first-order chi connectivity index (χ1) is 30.0. The molecule has 1 aromatic heterocycles. The zero-order chi connectivity index (χ0) is 40.7. The minimum atomic E-state index is -0.126. The Morgan fingerprint density at radius 1 is 0.295 bits per heavy atom. The molecule has 2 heteroatoms. The van der Waals surface area contributed by atoms with Gasteiger partial charge in [0.1, 0.15) is 0 Å². The van der Waals surface area contributed by atoms with Crippen molar-refractivity contribution >= 4 is 43.1 Å². The Morgan fingerprint density at radius 3 is 1.38 bits per heavy atom. The second kappa shape index (κ2) is 13.7. The van der Waals surface area contributed by atoms with Crippen LogP contribution in [-0.4, -0.2) is 9.97 Å². The van der Waals surface area contributed by atoms with Crippen LogP contribution in [0.3, 0.4) is 0 Å². The summed E-state index contributed by atoms with van der Waals surface area (Å²) in [5, 5.41) is 9.54. The summed E-state index contributed by atoms with van der Waals surface area (Å²) in [6.07, 6.45) is 0. The third-order valence-electron chi connectivity index (χ3n) is 13.1. The molecule has 0 saturated heterocycles. The predicted octanol–water partition coefficient (Wildman–Crippen LogP) is 15.7. The van der Waals surface area contributed by atoms with E-state index < -0.39 is 0 Å². The van der Waals surface area contributed by atoms with E-state index >= 15 is 0 Å². The summed E-state index contributed by atoms with van der Waals surface area (Å²) in [4.78, 5) is 10.9. The van der Waals surface area contributed by atoms with Crippen LogP contribution >= 0.6 is 0 Å². The van der Waals surface area contributed by atoms with Gasteiger partial charge in [0.2, 0.25) is 0 Å². The Labute approximate surface area is 355 Å². The number of benzene rings is 10. The molecule has 2 nitrogen and oxygen atoms in total. The summed E-state index contributed by atoms with van der Waals surface area (Å²) in [6.45, 7) is 4.74. The van der Waals surface area contributed by atoms with Crippen LogP contribution in [0.25, 0.3) is 110 Å². The summed E-state index contributed by atoms with van der Waals surface area (Å²) >= 11 is 0. The second-order valence-corrected chi connectivity index (χ2v) is 16.9. The van der Waals surface area contributed by atoms with Crippen molar-refractivity contribution in [2.75, 3.05) is 0 Å². The van der Waals surface area contributed by atoms with Gasteiger partial charge in [-0.15, -0.1) is 0 Å². The minimum Gasteiger partial charge on any atom is -0.228 e. The molecular formula is C59H40N2. The van der Waals surface area contributed by atoms with Gasteiger partial charge in [-0.3, -0.25) is 0 Å². The molecular weight excluding hydrogens is 737 g/mol. The first-order valence-corrected chi connectivity index (χ1v) is 21.2. The van der Waals surface area contributed by atoms with Gasteiger partial charge in [-0.25, -0.2) is 9.97 Å². The predicted molar refractivity (Wildman–Crippen MR) is 257 cm³/mol. The van der Waals surface area contributed by atoms with Crippen LogP contribution in [0.15, 0.2) is 206 Å². The first-order valence-electron chi connectivity index (χ1n) is 21.2. The maximum atomic E-state index is 5.43. The van der Waals surface area contributed by atoms with Crippen molar-refractivity contribution in [1.82, 2.24) is 9.97 Å². The fraction of sp³-hybridized carbons (Fsp3) is 0.0508. The lowest BCUT2D eigenvalue weighted by atomic mass is 9.81. The lowest BCUT2D eigenvalue weighted by molar-refractivity contribution is 0.661. The Hall–Kier alpha value is -7.68. The lowest BCUT2D eigenvalue weighted by Gasteiger charge is -2.22. The largest absolute Gasteiger partial charge is 0.228 e. The molecule has 11 aromatic rings. The van der Waals surface area contributed by atoms with Crippen LogP contribution in [-0.2, 0) is 5.41 Å². The molecule has 10 aromatic carbocycles. The molecule has 0 N–H and O–H groups in total. The lowest BCUT2D eigenvalue weighted by Crippen LogP contribution is -2.14. The smallest absolute Gasteiger partial charge is 0.161 e. The maximum absolute atomic E-state index is 5.43. The highest BCUT2D eigenvalue weighted by Crippen LogP contribution is 2.54. The van der Waals surface area contributed by atoms with E-state index in [1.54, 1.807) is 0 Å². The summed E-state index contributed by atoms with van der Waals surface area (Å²) in [5.41, 5.74) is 15.1. The molecule has 0 unspecified atom stereocenters. The zero-order valence-electron chi connectivity index (χ0n) is 34.0. The molecule has 1 heterocycles. The zero-order valence-corrected chi connectivity index (χ0v) is 34.0. The van der Waals surface area contributed by atoms with E-state index in [2.05, 4.69) is 220 Å². The number of rotatable bonds is 5. The van der Waals surface area contributed by atoms with E-state index in [1.165, 1.54) is 76.8 Å². The van der Waals surface area contributed by atoms with Crippen molar-refractivity contribution < 1.29 is 0 Å². The molecule has 12 rings (SSSR count). The van der Waals surface area contributed by atoms with Crippen LogP contribution in [0.1, 0.15) is 25.0 Å². The molecule has 0 amide bonds. The fourth-order valence-electron chi connectivity index (χ4n) is 10.1. The first kappa shape index (κ1) is 35.3. The van der Waals surface area contributed by atoms with Crippen LogP contribution in [0.2, 0.25) is 0 Å². The topological polar surface area (TPSA) is 25.8 Å². The SMILES string of the molecule is CC1(C)c2cc3ccccc3cc2-c2c(-c3ccccc3-c3ccc(-c4nc(-c5cccc6ccccc56)cc(-c5cccc6ccccc56)n4)c4ccccc34)cccc21. The Bertz CT molecular complexity index is 3470. The van der Waals surface area contributed by atoms with Crippen molar-refractivity contribution in [2.24, 2.45) is 0 Å². The fourth-order valence-corrected chi connectivity index (χ4v) is 10.1. The molecule has 0 atom stereocenters. The van der Waals surface area contributed by atoms with E-state index in [-0.39, 0.29) is 5.41 Å². The van der Waals surface area contributed by atoms with Crippen molar-refractivity contribution in [3.63, 3.8) is 0 Å². The summed E-state index contributed by atoms with van der Waals surface area (Å²) in [7, 11) is 0. The van der Waals surface area contributed by atoms with Gasteiger partial charge in [0.05, 0.1) is 11.4 Å². The quantitative estimate of drug-likeness (QED) is 0.174. The van der Waals surface area contributed by atoms with E-state index in [0.717, 1.165) is 38.9 Å². The van der Waals surface area contributed by atoms with Crippen molar-refractivity contribution in [2.45, 2.75) is 19.3 Å². The third kappa shape index (κ3) is 5.56. The minimum absolute atomic E-state index is 0.126. The second-order valence-electron chi connectivity index (χ2n) is 16.9. The molecule has 61 heavy (non-hydrogen) atoms. The maximum Gasteiger partial charge on any atom is 0.161 e. The van der Waals surface area contributed by atoms with E-state index in [4.69, 9.17) is 9.97 Å². The van der Waals surface area contributed by atoms with E-state index in [9.17, 15) is 0 Å². The summed E-state index contributed by atoms with van der Waals surface area (Å²) < 4.78 is 0. The number of hydrogen-bond donors (Lipinski definition) is 0. The molecule has 1 aliphatic rings. The summed E-state index contributed by atoms with van der Waals surface area (Å²) in [5.74, 6) is 0.705. The highest BCUT2D eigenvalue weighted by molar-refractivity contribution is 6.09. The van der Waals surface area contributed by atoms with Gasteiger partial charge in [-0.1, -0.05) is 196 Å². The number of fused-ring (bicyclic) bond motifs is 7. The van der Waals surface area contributed by atoms with Gasteiger partial charge in [0.15, 0.2) is 5.82 Å². The molecule has 1 aliphatic carbocycles. The van der Waals surface area contributed by atoms with Gasteiger partial charge in [-0.05, 0) is 112 Å². The number of hydrogen-bond acceptors (Lipinski definition) is 2. The Kier molecular flexibility index (Phi) is 7.92. The normalized spacial score (nSPS) is 12.9. The van der Waals surface area contributed by atoms with E-state index in [1.807, 2.05) is 0 Å². The average Bonchev–Trinajstić information content (AvgIpc) is 3.54. The van der Waals surface area contributed by atoms with Gasteiger partial charge >= 0.3 is 0 Å². The van der Waals surface area contributed by atoms with Crippen molar-refractivity contribution in [3.05, 3.63) is 217 Å². The molecule has 0 aliphatic heterocycles. The van der Waals surface area contributed by atoms with Crippen LogP contribution < -0.4 is 0 Å². The standard InChI is InChI=1S/C59H40N2/c1-59(2)53-31-15-30-50(57(53)52-34-39-18-3-4-19-40(39)35-54(52)59)45-26-11-9-24-43(45)47-32-33-51(46-27-12-10-25-44(46)47)58-60-55(48-28-13-20-37-16-5-7-22-41(37)48)36-56(61-58)49-29-14-21-38-17-6-8-23-42(38)49/h3-36H,1-2H3. The van der Waals surface area contributed by atoms with Crippen molar-refractivity contribution in [3.8, 4) is 67.3 Å². The molecule has 0 radical (unpaired) electrons. The van der Waals surface area contributed by atoms with Gasteiger partial charge in [0, 0.05) is 22.1 Å². The molecule has 0 spiro atoms. The molecule has 0 saturated carbocycles. The van der Waals surface area contributed by atoms with Gasteiger partial charge in [0.25, 0.3) is 0 Å². The highest BCUT2D eigenvalue weighted by Gasteiger charge is 2.37. The molecule has 0 bridgehead atoms. The highest BCUT2D eigenvalue weighted by atomic mass is 14.9. The Balaban J connectivity index is 1.07. The average molecular weight is 777 g/mol. The number of aromatic nitrogens is 2. The number of nitrogens with zero attached hydrogens (tertiary/aromatic N) is 2. The Morgan fingerprint density at radius 2 is 0.738 bits per heavy atom. The van der Waals surface area contributed by atoms with E-state index in [0.29, 0.717) is 5.82 Å². The third-order valence-corrected chi connectivity index (χ3v) is 13.1. The van der Waals surface area contributed by atoms with Crippen LogP contribution in [0, 0.1) is 0 Å². The van der Waals surface area contributed by atoms with Crippen molar-refractivity contribution in [1.29, 1.82) is 0 Å². The molecule has 0 fully saturated rings. The van der Waals surface area contributed by atoms with Crippen LogP contribution in [0.4, 0.5) is 0 Å². The van der Waals surface area contributed by atoms with Gasteiger partial charge in [-0.2, -0.15) is 0 Å². The summed E-state index contributed by atoms with van der Waals surface area (Å²) in [6, 6.07) is 74.9. The van der Waals surface area contributed by atoms with Gasteiger partial charge < -0.3 is 0 Å².